The van der Waals surface area contributed by atoms with Crippen LogP contribution in [-0.2, 0) is 6.54 Å². The Morgan fingerprint density at radius 1 is 1.29 bits per heavy atom. The molecular weight excluding hydrogens is 282 g/mol. The number of aromatic nitrogens is 2. The molecule has 1 atom stereocenters. The summed E-state index contributed by atoms with van der Waals surface area (Å²) in [5.74, 6) is 1.57. The predicted molar refractivity (Wildman–Crippen MR) is 84.0 cm³/mol. The minimum absolute atomic E-state index is 0.245. The normalized spacial score (nSPS) is 12.5. The molecular formula is C16H17N3OS. The van der Waals surface area contributed by atoms with Gasteiger partial charge in [-0.1, -0.05) is 6.07 Å². The lowest BCUT2D eigenvalue weighted by atomic mass is 10.1. The molecule has 3 rings (SSSR count). The van der Waals surface area contributed by atoms with E-state index in [4.69, 9.17) is 4.42 Å². The Labute approximate surface area is 127 Å². The molecule has 0 amide bonds. The van der Waals surface area contributed by atoms with Crippen molar-refractivity contribution < 1.29 is 4.42 Å². The van der Waals surface area contributed by atoms with Crippen LogP contribution < -0.4 is 5.32 Å². The van der Waals surface area contributed by atoms with Crippen LogP contribution in [0.15, 0.2) is 46.5 Å². The van der Waals surface area contributed by atoms with Gasteiger partial charge in [0.1, 0.15) is 5.76 Å². The molecule has 0 aromatic carbocycles. The van der Waals surface area contributed by atoms with Crippen molar-refractivity contribution in [1.29, 1.82) is 0 Å². The topological polar surface area (TPSA) is 51.0 Å². The summed E-state index contributed by atoms with van der Waals surface area (Å²) in [5.41, 5.74) is 2.17. The van der Waals surface area contributed by atoms with Crippen LogP contribution >= 0.6 is 11.3 Å². The highest BCUT2D eigenvalue weighted by Gasteiger charge is 2.13. The second-order valence-electron chi connectivity index (χ2n) is 4.88. The zero-order valence-corrected chi connectivity index (χ0v) is 12.9. The first-order valence-corrected chi connectivity index (χ1v) is 7.75. The van der Waals surface area contributed by atoms with Crippen LogP contribution in [-0.4, -0.2) is 9.97 Å². The lowest BCUT2D eigenvalue weighted by molar-refractivity contribution is 0.529. The van der Waals surface area contributed by atoms with Gasteiger partial charge in [0, 0.05) is 25.0 Å². The molecule has 0 aliphatic carbocycles. The first kappa shape index (κ1) is 14.0. The summed E-state index contributed by atoms with van der Waals surface area (Å²) >= 11 is 1.64. The molecule has 4 nitrogen and oxygen atoms in total. The lowest BCUT2D eigenvalue weighted by Crippen LogP contribution is -2.18. The highest BCUT2D eigenvalue weighted by molar-refractivity contribution is 7.13. The lowest BCUT2D eigenvalue weighted by Gasteiger charge is -2.12. The van der Waals surface area contributed by atoms with Gasteiger partial charge in [-0.2, -0.15) is 0 Å². The first-order valence-electron chi connectivity index (χ1n) is 6.87. The molecule has 0 fully saturated rings. The second kappa shape index (κ2) is 6.20. The van der Waals surface area contributed by atoms with Crippen molar-refractivity contribution in [1.82, 2.24) is 15.3 Å². The van der Waals surface area contributed by atoms with Crippen LogP contribution in [0.1, 0.15) is 30.0 Å². The van der Waals surface area contributed by atoms with E-state index in [1.165, 1.54) is 5.56 Å². The highest BCUT2D eigenvalue weighted by atomic mass is 32.1. The Hall–Kier alpha value is -1.98. The van der Waals surface area contributed by atoms with E-state index >= 15 is 0 Å². The van der Waals surface area contributed by atoms with Gasteiger partial charge in [-0.15, -0.1) is 11.3 Å². The number of hydrogen-bond donors (Lipinski definition) is 1. The number of oxazole rings is 1. The van der Waals surface area contributed by atoms with Gasteiger partial charge in [0.05, 0.1) is 10.6 Å². The Kier molecular flexibility index (Phi) is 4.13. The van der Waals surface area contributed by atoms with Crippen molar-refractivity contribution in [3.8, 4) is 10.8 Å². The van der Waals surface area contributed by atoms with Crippen molar-refractivity contribution in [2.24, 2.45) is 0 Å². The van der Waals surface area contributed by atoms with Crippen LogP contribution in [0, 0.1) is 6.92 Å². The number of thiophene rings is 1. The van der Waals surface area contributed by atoms with Crippen LogP contribution in [0.3, 0.4) is 0 Å². The molecule has 3 aromatic heterocycles. The summed E-state index contributed by atoms with van der Waals surface area (Å²) in [6, 6.07) is 8.30. The average molecular weight is 299 g/mol. The maximum atomic E-state index is 5.75. The molecule has 0 aliphatic rings. The van der Waals surface area contributed by atoms with Crippen LogP contribution in [0.25, 0.3) is 10.8 Å². The third-order valence-electron chi connectivity index (χ3n) is 3.41. The molecule has 0 saturated heterocycles. The van der Waals surface area contributed by atoms with Crippen LogP contribution in [0.2, 0.25) is 0 Å². The predicted octanol–water partition coefficient (Wildman–Crippen LogP) is 3.96. The van der Waals surface area contributed by atoms with Gasteiger partial charge in [0.25, 0.3) is 0 Å². The maximum Gasteiger partial charge on any atom is 0.236 e. The minimum Gasteiger partial charge on any atom is -0.440 e. The summed E-state index contributed by atoms with van der Waals surface area (Å²) in [6.07, 6.45) is 3.62. The number of nitrogens with zero attached hydrogens (tertiary/aromatic N) is 2. The number of pyridine rings is 1. The SMILES string of the molecule is Cc1oc(-c2cccs2)nc1CN[C@H](C)c1ccncc1. The van der Waals surface area contributed by atoms with Gasteiger partial charge < -0.3 is 9.73 Å². The van der Waals surface area contributed by atoms with E-state index in [1.54, 1.807) is 11.3 Å². The fourth-order valence-corrected chi connectivity index (χ4v) is 2.77. The smallest absolute Gasteiger partial charge is 0.236 e. The van der Waals surface area contributed by atoms with E-state index in [1.807, 2.05) is 49.0 Å². The number of rotatable bonds is 5. The van der Waals surface area contributed by atoms with E-state index in [9.17, 15) is 0 Å². The zero-order chi connectivity index (χ0) is 14.7. The quantitative estimate of drug-likeness (QED) is 0.775. The third kappa shape index (κ3) is 3.20. The average Bonchev–Trinajstić information content (AvgIpc) is 3.15. The molecule has 3 aromatic rings. The molecule has 21 heavy (non-hydrogen) atoms. The molecule has 3 heterocycles. The van der Waals surface area contributed by atoms with Crippen LogP contribution in [0.5, 0.6) is 0 Å². The molecule has 108 valence electrons. The van der Waals surface area contributed by atoms with E-state index in [-0.39, 0.29) is 6.04 Å². The van der Waals surface area contributed by atoms with E-state index in [2.05, 4.69) is 22.2 Å². The van der Waals surface area contributed by atoms with Crippen LogP contribution in [0.4, 0.5) is 0 Å². The summed E-state index contributed by atoms with van der Waals surface area (Å²) in [5, 5.41) is 5.49. The minimum atomic E-state index is 0.245. The Bertz CT molecular complexity index is 692. The van der Waals surface area contributed by atoms with Gasteiger partial charge in [-0.3, -0.25) is 4.98 Å². The first-order chi connectivity index (χ1) is 10.2. The fourth-order valence-electron chi connectivity index (χ4n) is 2.12. The van der Waals surface area contributed by atoms with E-state index in [0.29, 0.717) is 12.4 Å². The van der Waals surface area contributed by atoms with Crippen molar-refractivity contribution in [2.75, 3.05) is 0 Å². The Balaban J connectivity index is 1.68. The van der Waals surface area contributed by atoms with E-state index < -0.39 is 0 Å². The van der Waals surface area contributed by atoms with Gasteiger partial charge in [-0.25, -0.2) is 4.98 Å². The monoisotopic (exact) mass is 299 g/mol. The molecule has 0 aliphatic heterocycles. The zero-order valence-electron chi connectivity index (χ0n) is 12.0. The maximum absolute atomic E-state index is 5.75. The molecule has 0 unspecified atom stereocenters. The van der Waals surface area contributed by atoms with Gasteiger partial charge in [-0.05, 0) is 43.0 Å². The summed E-state index contributed by atoms with van der Waals surface area (Å²) in [6.45, 7) is 4.77. The Morgan fingerprint density at radius 2 is 2.10 bits per heavy atom. The standard InChI is InChI=1S/C16H17N3OS/c1-11(13-5-7-17-8-6-13)18-10-14-12(2)20-16(19-14)15-4-3-9-21-15/h3-9,11,18H,10H2,1-2H3/t11-/m1/s1. The largest absolute Gasteiger partial charge is 0.440 e. The summed E-state index contributed by atoms with van der Waals surface area (Å²) in [4.78, 5) is 9.69. The molecule has 0 spiro atoms. The molecule has 0 radical (unpaired) electrons. The molecule has 0 saturated carbocycles. The molecule has 5 heteroatoms. The van der Waals surface area contributed by atoms with Crippen molar-refractivity contribution in [3.63, 3.8) is 0 Å². The molecule has 1 N–H and O–H groups in total. The number of nitrogens with one attached hydrogen (secondary N) is 1. The summed E-state index contributed by atoms with van der Waals surface area (Å²) < 4.78 is 5.75. The van der Waals surface area contributed by atoms with Crippen molar-refractivity contribution >= 4 is 11.3 Å². The number of aryl methyl sites for hydroxylation is 1. The second-order valence-corrected chi connectivity index (χ2v) is 5.83. The highest BCUT2D eigenvalue weighted by Crippen LogP contribution is 2.26. The van der Waals surface area contributed by atoms with Gasteiger partial charge in [0.15, 0.2) is 0 Å². The molecule has 0 bridgehead atoms. The summed E-state index contributed by atoms with van der Waals surface area (Å²) in [7, 11) is 0. The van der Waals surface area contributed by atoms with Crippen molar-refractivity contribution in [3.05, 3.63) is 59.1 Å². The number of hydrogen-bond acceptors (Lipinski definition) is 5. The third-order valence-corrected chi connectivity index (χ3v) is 4.26. The van der Waals surface area contributed by atoms with Gasteiger partial charge >= 0.3 is 0 Å². The van der Waals surface area contributed by atoms with Crippen molar-refractivity contribution in [2.45, 2.75) is 26.4 Å². The Morgan fingerprint density at radius 3 is 2.81 bits per heavy atom. The van der Waals surface area contributed by atoms with E-state index in [0.717, 1.165) is 16.3 Å². The van der Waals surface area contributed by atoms with Gasteiger partial charge in [0.2, 0.25) is 5.89 Å². The fraction of sp³-hybridized carbons (Fsp3) is 0.250.